The molecule has 1 fully saturated rings. The van der Waals surface area contributed by atoms with Gasteiger partial charge in [0.15, 0.2) is 0 Å². The monoisotopic (exact) mass is 414 g/mol. The average Bonchev–Trinajstić information content (AvgIpc) is 2.63. The van der Waals surface area contributed by atoms with Gasteiger partial charge in [-0.1, -0.05) is 42.5 Å². The number of nitrogens with zero attached hydrogens (tertiary/aromatic N) is 2. The van der Waals surface area contributed by atoms with E-state index in [1.165, 1.54) is 16.4 Å². The van der Waals surface area contributed by atoms with E-state index in [4.69, 9.17) is 0 Å². The molecule has 1 saturated heterocycles. The van der Waals surface area contributed by atoms with Gasteiger partial charge in [0.2, 0.25) is 10.0 Å². The summed E-state index contributed by atoms with van der Waals surface area (Å²) in [4.78, 5) is 2.08. The highest BCUT2D eigenvalue weighted by Gasteiger charge is 2.31. The number of sulfonamides is 1. The molecular weight excluding hydrogens is 393 g/mol. The summed E-state index contributed by atoms with van der Waals surface area (Å²) in [6.45, 7) is 2.46. The zero-order valence-electron chi connectivity index (χ0n) is 15.1. The van der Waals surface area contributed by atoms with E-state index in [1.54, 1.807) is 24.3 Å². The lowest BCUT2D eigenvalue weighted by molar-refractivity contribution is -0.274. The van der Waals surface area contributed by atoms with Crippen LogP contribution in [0.5, 0.6) is 5.75 Å². The first-order valence-corrected chi connectivity index (χ1v) is 10.4. The average molecular weight is 414 g/mol. The maximum atomic E-state index is 12.6. The van der Waals surface area contributed by atoms with Crippen LogP contribution in [0, 0.1) is 0 Å². The van der Waals surface area contributed by atoms with Crippen LogP contribution in [0.2, 0.25) is 0 Å². The van der Waals surface area contributed by atoms with E-state index in [2.05, 4.69) is 9.64 Å². The third-order valence-electron chi connectivity index (χ3n) is 4.48. The molecule has 0 N–H and O–H groups in total. The quantitative estimate of drug-likeness (QED) is 0.728. The van der Waals surface area contributed by atoms with Crippen molar-refractivity contribution in [1.29, 1.82) is 0 Å². The summed E-state index contributed by atoms with van der Waals surface area (Å²) in [6.07, 6.45) is -4.71. The highest BCUT2D eigenvalue weighted by molar-refractivity contribution is 7.88. The van der Waals surface area contributed by atoms with Crippen molar-refractivity contribution in [3.8, 4) is 5.75 Å². The van der Waals surface area contributed by atoms with Crippen molar-refractivity contribution in [1.82, 2.24) is 9.21 Å². The van der Waals surface area contributed by atoms with Crippen molar-refractivity contribution in [2.24, 2.45) is 0 Å². The number of alkyl halides is 3. The number of hydrogen-bond donors (Lipinski definition) is 0. The van der Waals surface area contributed by atoms with Crippen LogP contribution in [0.1, 0.15) is 11.1 Å². The molecule has 0 aromatic heterocycles. The molecule has 1 aliphatic heterocycles. The van der Waals surface area contributed by atoms with Gasteiger partial charge in [-0.25, -0.2) is 8.42 Å². The van der Waals surface area contributed by atoms with Gasteiger partial charge in [-0.05, 0) is 23.3 Å². The second-order valence-electron chi connectivity index (χ2n) is 6.61. The van der Waals surface area contributed by atoms with Gasteiger partial charge in [0.1, 0.15) is 5.75 Å². The lowest BCUT2D eigenvalue weighted by atomic mass is 10.2. The summed E-state index contributed by atoms with van der Waals surface area (Å²) in [5, 5.41) is 0. The Balaban J connectivity index is 1.51. The number of ether oxygens (including phenoxy) is 1. The second kappa shape index (κ2) is 8.50. The third kappa shape index (κ3) is 5.95. The maximum Gasteiger partial charge on any atom is 0.573 e. The van der Waals surface area contributed by atoms with Gasteiger partial charge in [-0.2, -0.15) is 4.31 Å². The van der Waals surface area contributed by atoms with E-state index >= 15 is 0 Å². The standard InChI is InChI=1S/C19H21F3N2O3S/c20-19(21,22)27-18-8-6-16(7-9-18)14-23-10-12-24(13-11-23)28(25,26)15-17-4-2-1-3-5-17/h1-9H,10-15H2. The van der Waals surface area contributed by atoms with Crippen molar-refractivity contribution < 1.29 is 26.3 Å². The van der Waals surface area contributed by atoms with E-state index < -0.39 is 16.4 Å². The lowest BCUT2D eigenvalue weighted by Gasteiger charge is -2.34. The first kappa shape index (κ1) is 20.6. The minimum atomic E-state index is -4.71. The number of halogens is 3. The van der Waals surface area contributed by atoms with Crippen LogP contribution >= 0.6 is 0 Å². The largest absolute Gasteiger partial charge is 0.573 e. The molecule has 5 nitrogen and oxygen atoms in total. The van der Waals surface area contributed by atoms with E-state index in [-0.39, 0.29) is 11.5 Å². The SMILES string of the molecule is O=S(=O)(Cc1ccccc1)N1CCN(Cc2ccc(OC(F)(F)F)cc2)CC1. The van der Waals surface area contributed by atoms with Crippen molar-refractivity contribution >= 4 is 10.0 Å². The number of benzene rings is 2. The topological polar surface area (TPSA) is 49.9 Å². The molecule has 3 rings (SSSR count). The Morgan fingerprint density at radius 3 is 2.04 bits per heavy atom. The maximum absolute atomic E-state index is 12.6. The van der Waals surface area contributed by atoms with Gasteiger partial charge in [0.05, 0.1) is 5.75 Å². The lowest BCUT2D eigenvalue weighted by Crippen LogP contribution is -2.48. The normalized spacial score (nSPS) is 16.8. The molecule has 0 bridgehead atoms. The molecule has 9 heteroatoms. The van der Waals surface area contributed by atoms with Gasteiger partial charge in [0, 0.05) is 32.7 Å². The molecule has 2 aromatic rings. The molecule has 0 aliphatic carbocycles. The van der Waals surface area contributed by atoms with Crippen LogP contribution in [0.25, 0.3) is 0 Å². The van der Waals surface area contributed by atoms with Crippen LogP contribution in [-0.4, -0.2) is 50.2 Å². The summed E-state index contributed by atoms with van der Waals surface area (Å²) in [5.41, 5.74) is 1.60. The Hall–Kier alpha value is -2.10. The fourth-order valence-electron chi connectivity index (χ4n) is 3.10. The van der Waals surface area contributed by atoms with Crippen molar-refractivity contribution in [3.63, 3.8) is 0 Å². The van der Waals surface area contributed by atoms with Gasteiger partial charge >= 0.3 is 6.36 Å². The first-order valence-electron chi connectivity index (χ1n) is 8.80. The number of rotatable bonds is 6. The fourth-order valence-corrected chi connectivity index (χ4v) is 4.61. The Morgan fingerprint density at radius 2 is 1.46 bits per heavy atom. The molecule has 0 spiro atoms. The Labute approximate surface area is 162 Å². The molecule has 28 heavy (non-hydrogen) atoms. The summed E-state index contributed by atoms with van der Waals surface area (Å²) < 4.78 is 67.1. The van der Waals surface area contributed by atoms with Crippen LogP contribution in [0.4, 0.5) is 13.2 Å². The molecule has 0 amide bonds. The van der Waals surface area contributed by atoms with Crippen LogP contribution < -0.4 is 4.74 Å². The first-order chi connectivity index (χ1) is 13.2. The molecule has 152 valence electrons. The van der Waals surface area contributed by atoms with E-state index in [9.17, 15) is 21.6 Å². The molecule has 0 unspecified atom stereocenters. The molecule has 0 saturated carbocycles. The van der Waals surface area contributed by atoms with E-state index in [0.29, 0.717) is 32.7 Å². The van der Waals surface area contributed by atoms with Crippen LogP contribution in [0.15, 0.2) is 54.6 Å². The van der Waals surface area contributed by atoms with Gasteiger partial charge < -0.3 is 4.74 Å². The molecule has 2 aromatic carbocycles. The summed E-state index contributed by atoms with van der Waals surface area (Å²) in [5.74, 6) is -0.276. The van der Waals surface area contributed by atoms with Gasteiger partial charge in [0.25, 0.3) is 0 Å². The highest BCUT2D eigenvalue weighted by atomic mass is 32.2. The predicted octanol–water partition coefficient (Wildman–Crippen LogP) is 3.23. The summed E-state index contributed by atoms with van der Waals surface area (Å²) >= 11 is 0. The molecule has 0 atom stereocenters. The van der Waals surface area contributed by atoms with Crippen molar-refractivity contribution in [3.05, 3.63) is 65.7 Å². The Morgan fingerprint density at radius 1 is 0.857 bits per heavy atom. The van der Waals surface area contributed by atoms with Crippen LogP contribution in [-0.2, 0) is 22.3 Å². The minimum absolute atomic E-state index is 0.0193. The number of hydrogen-bond acceptors (Lipinski definition) is 4. The van der Waals surface area contributed by atoms with Gasteiger partial charge in [-0.3, -0.25) is 4.90 Å². The zero-order chi connectivity index (χ0) is 20.2. The minimum Gasteiger partial charge on any atom is -0.406 e. The van der Waals surface area contributed by atoms with E-state index in [0.717, 1.165) is 11.1 Å². The Kier molecular flexibility index (Phi) is 6.26. The summed E-state index contributed by atoms with van der Waals surface area (Å²) in [6, 6.07) is 14.8. The molecule has 1 heterocycles. The predicted molar refractivity (Wildman–Crippen MR) is 99.0 cm³/mol. The number of piperazine rings is 1. The third-order valence-corrected chi connectivity index (χ3v) is 6.33. The molecule has 1 aliphatic rings. The van der Waals surface area contributed by atoms with Crippen molar-refractivity contribution in [2.45, 2.75) is 18.7 Å². The Bertz CT molecular complexity index is 864. The molecule has 0 radical (unpaired) electrons. The fraction of sp³-hybridized carbons (Fsp3) is 0.368. The highest BCUT2D eigenvalue weighted by Crippen LogP contribution is 2.23. The van der Waals surface area contributed by atoms with Crippen LogP contribution in [0.3, 0.4) is 0 Å². The second-order valence-corrected chi connectivity index (χ2v) is 8.58. The smallest absolute Gasteiger partial charge is 0.406 e. The molecular formula is C19H21F3N2O3S. The zero-order valence-corrected chi connectivity index (χ0v) is 15.9. The van der Waals surface area contributed by atoms with Gasteiger partial charge in [-0.15, -0.1) is 13.2 Å². The van der Waals surface area contributed by atoms with E-state index in [1.807, 2.05) is 18.2 Å². The van der Waals surface area contributed by atoms with Crippen molar-refractivity contribution in [2.75, 3.05) is 26.2 Å². The summed E-state index contributed by atoms with van der Waals surface area (Å²) in [7, 11) is -3.37.